The lowest BCUT2D eigenvalue weighted by Crippen LogP contribution is -2.25. The van der Waals surface area contributed by atoms with Crippen LogP contribution in [-0.4, -0.2) is 25.6 Å². The Bertz CT molecular complexity index is 545. The Morgan fingerprint density at radius 1 is 1.40 bits per heavy atom. The van der Waals surface area contributed by atoms with Gasteiger partial charge in [0.05, 0.1) is 4.90 Å². The molecule has 0 amide bonds. The van der Waals surface area contributed by atoms with Gasteiger partial charge in [-0.2, -0.15) is 0 Å². The fourth-order valence-electron chi connectivity index (χ4n) is 2.06. The molecule has 2 rings (SSSR count). The van der Waals surface area contributed by atoms with Crippen LogP contribution in [0.5, 0.6) is 0 Å². The van der Waals surface area contributed by atoms with Crippen molar-refractivity contribution in [1.82, 2.24) is 14.6 Å². The molecule has 1 aliphatic rings. The number of aromatic nitrogens is 1. The maximum Gasteiger partial charge on any atom is 0.242 e. The molecule has 20 heavy (non-hydrogen) atoms. The third-order valence-electron chi connectivity index (χ3n) is 3.56. The average Bonchev–Trinajstić information content (AvgIpc) is 3.12. The summed E-state index contributed by atoms with van der Waals surface area (Å²) < 4.78 is 29.2. The van der Waals surface area contributed by atoms with Gasteiger partial charge in [0.2, 0.25) is 10.0 Å². The van der Waals surface area contributed by atoms with E-state index in [1.54, 1.807) is 12.3 Å². The number of nitrogens with one attached hydrogen (secondary N) is 2. The van der Waals surface area contributed by atoms with E-state index in [0.29, 0.717) is 29.9 Å². The summed E-state index contributed by atoms with van der Waals surface area (Å²) in [5, 5.41) is 3.33. The van der Waals surface area contributed by atoms with E-state index in [2.05, 4.69) is 23.9 Å². The van der Waals surface area contributed by atoms with Crippen molar-refractivity contribution < 1.29 is 8.42 Å². The highest BCUT2D eigenvalue weighted by atomic mass is 32.2. The number of sulfonamides is 1. The van der Waals surface area contributed by atoms with Crippen LogP contribution in [0.15, 0.2) is 17.2 Å². The summed E-state index contributed by atoms with van der Waals surface area (Å²) in [5.74, 6) is 0.542. The molecule has 1 fully saturated rings. The normalized spacial score (nSPS) is 16.0. The Morgan fingerprint density at radius 2 is 2.10 bits per heavy atom. The van der Waals surface area contributed by atoms with Crippen LogP contribution in [-0.2, 0) is 23.1 Å². The van der Waals surface area contributed by atoms with E-state index < -0.39 is 10.0 Å². The van der Waals surface area contributed by atoms with Gasteiger partial charge in [-0.15, -0.1) is 0 Å². The average molecular weight is 299 g/mol. The maximum absolute atomic E-state index is 12.2. The lowest BCUT2D eigenvalue weighted by molar-refractivity contribution is 0.561. The number of nitrogens with zero attached hydrogens (tertiary/aromatic N) is 1. The molecule has 0 bridgehead atoms. The summed E-state index contributed by atoms with van der Waals surface area (Å²) in [5.41, 5.74) is 1.01. The molecule has 1 aromatic heterocycles. The minimum atomic E-state index is -3.36. The zero-order chi connectivity index (χ0) is 14.8. The van der Waals surface area contributed by atoms with Gasteiger partial charge in [0, 0.05) is 37.6 Å². The number of hydrogen-bond donors (Lipinski definition) is 2. The molecule has 0 spiro atoms. The van der Waals surface area contributed by atoms with Crippen molar-refractivity contribution in [3.05, 3.63) is 18.0 Å². The molecule has 1 aliphatic carbocycles. The van der Waals surface area contributed by atoms with E-state index in [9.17, 15) is 8.42 Å². The van der Waals surface area contributed by atoms with Crippen molar-refractivity contribution in [2.24, 2.45) is 5.92 Å². The molecular weight excluding hydrogens is 274 g/mol. The van der Waals surface area contributed by atoms with Crippen LogP contribution in [0.2, 0.25) is 0 Å². The van der Waals surface area contributed by atoms with Crippen LogP contribution in [0, 0.1) is 5.92 Å². The van der Waals surface area contributed by atoms with Gasteiger partial charge in [-0.05, 0) is 31.7 Å². The lowest BCUT2D eigenvalue weighted by Gasteiger charge is -2.09. The number of aryl methyl sites for hydroxylation is 1. The third kappa shape index (κ3) is 4.07. The minimum Gasteiger partial charge on any atom is -0.349 e. The summed E-state index contributed by atoms with van der Waals surface area (Å²) in [6, 6.07) is 2.15. The third-order valence-corrected chi connectivity index (χ3v) is 4.95. The Hall–Kier alpha value is -0.850. The van der Waals surface area contributed by atoms with Gasteiger partial charge >= 0.3 is 0 Å². The van der Waals surface area contributed by atoms with E-state index >= 15 is 0 Å². The first kappa shape index (κ1) is 15.5. The van der Waals surface area contributed by atoms with Crippen molar-refractivity contribution in [2.75, 3.05) is 6.54 Å². The van der Waals surface area contributed by atoms with Crippen LogP contribution in [0.4, 0.5) is 0 Å². The van der Waals surface area contributed by atoms with Crippen LogP contribution >= 0.6 is 0 Å². The Labute approximate surface area is 121 Å². The first-order chi connectivity index (χ1) is 9.42. The van der Waals surface area contributed by atoms with Crippen molar-refractivity contribution in [1.29, 1.82) is 0 Å². The Balaban J connectivity index is 2.10. The SMILES string of the molecule is CCn1cc(S(=O)(=O)NCC2CC2)cc1CNC(C)C. The molecule has 114 valence electrons. The molecule has 0 unspecified atom stereocenters. The topological polar surface area (TPSA) is 63.1 Å². The second kappa shape index (κ2) is 6.28. The van der Waals surface area contributed by atoms with Gasteiger partial charge in [-0.25, -0.2) is 13.1 Å². The molecule has 0 aromatic carbocycles. The number of rotatable bonds is 8. The summed E-state index contributed by atoms with van der Waals surface area (Å²) in [7, 11) is -3.36. The summed E-state index contributed by atoms with van der Waals surface area (Å²) in [6.45, 7) is 8.20. The van der Waals surface area contributed by atoms with E-state index in [-0.39, 0.29) is 0 Å². The molecule has 5 nitrogen and oxygen atoms in total. The summed E-state index contributed by atoms with van der Waals surface area (Å²) in [4.78, 5) is 0.376. The highest BCUT2D eigenvalue weighted by Gasteiger charge is 2.25. The molecule has 1 heterocycles. The minimum absolute atomic E-state index is 0.376. The molecule has 1 saturated carbocycles. The van der Waals surface area contributed by atoms with Gasteiger partial charge in [-0.1, -0.05) is 13.8 Å². The van der Waals surface area contributed by atoms with Crippen LogP contribution in [0.25, 0.3) is 0 Å². The maximum atomic E-state index is 12.2. The second-order valence-corrected chi connectivity index (χ2v) is 7.55. The molecule has 0 radical (unpaired) electrons. The quantitative estimate of drug-likeness (QED) is 0.768. The fraction of sp³-hybridized carbons (Fsp3) is 0.714. The smallest absolute Gasteiger partial charge is 0.242 e. The predicted molar refractivity (Wildman–Crippen MR) is 80.0 cm³/mol. The second-order valence-electron chi connectivity index (χ2n) is 5.78. The first-order valence-corrected chi connectivity index (χ1v) is 8.82. The molecule has 0 saturated heterocycles. The van der Waals surface area contributed by atoms with Crippen molar-refractivity contribution in [3.8, 4) is 0 Å². The van der Waals surface area contributed by atoms with Gasteiger partial charge in [0.1, 0.15) is 0 Å². The monoisotopic (exact) mass is 299 g/mol. The van der Waals surface area contributed by atoms with Crippen molar-refractivity contribution in [2.45, 2.75) is 57.6 Å². The van der Waals surface area contributed by atoms with Crippen LogP contribution < -0.4 is 10.0 Å². The van der Waals surface area contributed by atoms with Gasteiger partial charge < -0.3 is 9.88 Å². The molecule has 2 N–H and O–H groups in total. The Kier molecular flexibility index (Phi) is 4.88. The van der Waals surface area contributed by atoms with E-state index in [4.69, 9.17) is 0 Å². The predicted octanol–water partition coefficient (Wildman–Crippen LogP) is 1.69. The van der Waals surface area contributed by atoms with E-state index in [1.165, 1.54) is 0 Å². The zero-order valence-corrected chi connectivity index (χ0v) is 13.3. The molecule has 1 aromatic rings. The zero-order valence-electron chi connectivity index (χ0n) is 12.5. The standard InChI is InChI=1S/C14H25N3O2S/c1-4-17-10-14(7-13(17)9-15-11(2)3)20(18,19)16-8-12-5-6-12/h7,10-12,15-16H,4-6,8-9H2,1-3H3. The summed E-state index contributed by atoms with van der Waals surface area (Å²) >= 11 is 0. The molecule has 6 heteroatoms. The highest BCUT2D eigenvalue weighted by Crippen LogP contribution is 2.28. The largest absolute Gasteiger partial charge is 0.349 e. The van der Waals surface area contributed by atoms with Crippen molar-refractivity contribution >= 4 is 10.0 Å². The highest BCUT2D eigenvalue weighted by molar-refractivity contribution is 7.89. The van der Waals surface area contributed by atoms with E-state index in [0.717, 1.165) is 25.1 Å². The lowest BCUT2D eigenvalue weighted by atomic mass is 10.3. The van der Waals surface area contributed by atoms with Crippen molar-refractivity contribution in [3.63, 3.8) is 0 Å². The Morgan fingerprint density at radius 3 is 2.65 bits per heavy atom. The van der Waals surface area contributed by atoms with E-state index in [1.807, 2.05) is 11.5 Å². The van der Waals surface area contributed by atoms with Crippen LogP contribution in [0.1, 0.15) is 39.3 Å². The van der Waals surface area contributed by atoms with Crippen LogP contribution in [0.3, 0.4) is 0 Å². The van der Waals surface area contributed by atoms with Gasteiger partial charge in [0.15, 0.2) is 0 Å². The van der Waals surface area contributed by atoms with Gasteiger partial charge in [-0.3, -0.25) is 0 Å². The number of hydrogen-bond acceptors (Lipinski definition) is 3. The first-order valence-electron chi connectivity index (χ1n) is 7.34. The molecular formula is C14H25N3O2S. The fourth-order valence-corrected chi connectivity index (χ4v) is 3.24. The van der Waals surface area contributed by atoms with Gasteiger partial charge in [0.25, 0.3) is 0 Å². The molecule has 0 atom stereocenters. The summed E-state index contributed by atoms with van der Waals surface area (Å²) in [6.07, 6.45) is 4.01. The molecule has 0 aliphatic heterocycles.